The number of rotatable bonds is 3. The van der Waals surface area contributed by atoms with Gasteiger partial charge in [-0.15, -0.1) is 0 Å². The second-order valence-corrected chi connectivity index (χ2v) is 8.70. The Bertz CT molecular complexity index is 758. The van der Waals surface area contributed by atoms with Crippen LogP contribution in [0.2, 0.25) is 0 Å². The molecule has 0 aromatic carbocycles. The van der Waals surface area contributed by atoms with E-state index in [0.717, 1.165) is 0 Å². The highest BCUT2D eigenvalue weighted by Gasteiger charge is 2.67. The van der Waals surface area contributed by atoms with E-state index < -0.39 is 47.6 Å². The summed E-state index contributed by atoms with van der Waals surface area (Å²) in [5.74, 6) is -2.57. The van der Waals surface area contributed by atoms with Crippen LogP contribution in [0.1, 0.15) is 47.5 Å². The molecule has 0 spiro atoms. The van der Waals surface area contributed by atoms with Gasteiger partial charge in [-0.25, -0.2) is 4.79 Å². The largest absolute Gasteiger partial charge is 0.458 e. The third kappa shape index (κ3) is 3.65. The molecule has 8 nitrogen and oxygen atoms in total. The maximum absolute atomic E-state index is 12.1. The third-order valence-corrected chi connectivity index (χ3v) is 6.58. The van der Waals surface area contributed by atoms with Gasteiger partial charge >= 0.3 is 23.9 Å². The first kappa shape index (κ1) is 21.3. The van der Waals surface area contributed by atoms with Crippen LogP contribution in [0.15, 0.2) is 12.2 Å². The Morgan fingerprint density at radius 1 is 1.03 bits per heavy atom. The van der Waals surface area contributed by atoms with Crippen LogP contribution >= 0.6 is 0 Å². The molecule has 3 aliphatic rings. The van der Waals surface area contributed by atoms with Crippen LogP contribution < -0.4 is 0 Å². The lowest BCUT2D eigenvalue weighted by Crippen LogP contribution is -2.43. The minimum atomic E-state index is -0.930. The van der Waals surface area contributed by atoms with Gasteiger partial charge in [0.25, 0.3) is 0 Å². The third-order valence-electron chi connectivity index (χ3n) is 6.58. The van der Waals surface area contributed by atoms with Crippen molar-refractivity contribution >= 4 is 23.9 Å². The summed E-state index contributed by atoms with van der Waals surface area (Å²) in [4.78, 5) is 47.7. The lowest BCUT2D eigenvalue weighted by Gasteiger charge is -2.38. The molecule has 29 heavy (non-hydrogen) atoms. The standard InChI is InChI=1S/C21H28O8/c1-9-7-15-14(10(2)20(25)29-15)8-21(6)16(9)17(26-11(3)22)18(27-12(4)23)19(21)28-13(5)24/h9,14-19H,2,7-8H2,1,3-6H3. The average Bonchev–Trinajstić information content (AvgIpc) is 2.89. The fourth-order valence-electron chi connectivity index (χ4n) is 5.70. The van der Waals surface area contributed by atoms with E-state index in [-0.39, 0.29) is 23.9 Å². The Morgan fingerprint density at radius 2 is 1.59 bits per heavy atom. The van der Waals surface area contributed by atoms with Crippen molar-refractivity contribution in [2.45, 2.75) is 71.9 Å². The molecule has 0 radical (unpaired) electrons. The van der Waals surface area contributed by atoms with Crippen molar-refractivity contribution in [2.24, 2.45) is 23.2 Å². The minimum absolute atomic E-state index is 0.0586. The first-order valence-corrected chi connectivity index (χ1v) is 9.87. The molecule has 1 saturated heterocycles. The lowest BCUT2D eigenvalue weighted by atomic mass is 9.69. The van der Waals surface area contributed by atoms with Crippen molar-refractivity contribution in [1.82, 2.24) is 0 Å². The number of ether oxygens (including phenoxy) is 4. The van der Waals surface area contributed by atoms with E-state index >= 15 is 0 Å². The summed E-state index contributed by atoms with van der Waals surface area (Å²) >= 11 is 0. The molecule has 3 fully saturated rings. The molecule has 0 N–H and O–H groups in total. The van der Waals surface area contributed by atoms with Crippen LogP contribution in [0.5, 0.6) is 0 Å². The average molecular weight is 408 g/mol. The van der Waals surface area contributed by atoms with E-state index in [9.17, 15) is 19.2 Å². The van der Waals surface area contributed by atoms with Gasteiger partial charge < -0.3 is 18.9 Å². The van der Waals surface area contributed by atoms with Gasteiger partial charge in [0, 0.05) is 43.6 Å². The van der Waals surface area contributed by atoms with Gasteiger partial charge in [-0.05, 0) is 18.8 Å². The van der Waals surface area contributed by atoms with Gasteiger partial charge in [0.1, 0.15) is 18.3 Å². The Hall–Kier alpha value is -2.38. The van der Waals surface area contributed by atoms with Crippen molar-refractivity contribution in [3.63, 3.8) is 0 Å². The number of carbonyl (C=O) groups is 4. The van der Waals surface area contributed by atoms with Crippen molar-refractivity contribution in [2.75, 3.05) is 0 Å². The van der Waals surface area contributed by atoms with E-state index in [2.05, 4.69) is 6.58 Å². The normalized spacial score (nSPS) is 40.9. The van der Waals surface area contributed by atoms with Gasteiger partial charge in [-0.2, -0.15) is 0 Å². The number of fused-ring (bicyclic) bond motifs is 2. The number of hydrogen-bond acceptors (Lipinski definition) is 8. The molecule has 3 rings (SSSR count). The highest BCUT2D eigenvalue weighted by molar-refractivity contribution is 5.90. The summed E-state index contributed by atoms with van der Waals surface area (Å²) in [5.41, 5.74) is -0.326. The maximum atomic E-state index is 12.1. The molecule has 0 aromatic rings. The first-order chi connectivity index (χ1) is 13.5. The van der Waals surface area contributed by atoms with Crippen LogP contribution in [0.3, 0.4) is 0 Å². The van der Waals surface area contributed by atoms with Crippen molar-refractivity contribution in [3.05, 3.63) is 12.2 Å². The van der Waals surface area contributed by atoms with Gasteiger partial charge in [0.2, 0.25) is 0 Å². The maximum Gasteiger partial charge on any atom is 0.334 e. The van der Waals surface area contributed by atoms with Gasteiger partial charge in [0.15, 0.2) is 6.10 Å². The second kappa shape index (κ2) is 7.46. The number of carbonyl (C=O) groups excluding carboxylic acids is 4. The molecule has 8 atom stereocenters. The first-order valence-electron chi connectivity index (χ1n) is 9.87. The zero-order valence-corrected chi connectivity index (χ0v) is 17.4. The van der Waals surface area contributed by atoms with Crippen LogP contribution in [0.4, 0.5) is 0 Å². The summed E-state index contributed by atoms with van der Waals surface area (Å²) < 4.78 is 22.3. The van der Waals surface area contributed by atoms with E-state index in [1.165, 1.54) is 20.8 Å². The quantitative estimate of drug-likeness (QED) is 0.396. The SMILES string of the molecule is C=C1C(=O)OC2CC(C)C3C(OC(C)=O)C(OC(C)=O)C(OC(C)=O)C3(C)CC12. The predicted octanol–water partition coefficient (Wildman–Crippen LogP) is 1.95. The fraction of sp³-hybridized carbons (Fsp3) is 0.714. The minimum Gasteiger partial charge on any atom is -0.458 e. The molecule has 1 heterocycles. The molecule has 8 heteroatoms. The molecule has 0 bridgehead atoms. The summed E-state index contributed by atoms with van der Waals surface area (Å²) in [6.07, 6.45) is -1.87. The summed E-state index contributed by atoms with van der Waals surface area (Å²) in [7, 11) is 0. The van der Waals surface area contributed by atoms with Crippen LogP contribution in [0, 0.1) is 23.2 Å². The fourth-order valence-corrected chi connectivity index (χ4v) is 5.70. The lowest BCUT2D eigenvalue weighted by molar-refractivity contribution is -0.178. The van der Waals surface area contributed by atoms with Gasteiger partial charge in [-0.1, -0.05) is 20.4 Å². The van der Waals surface area contributed by atoms with Crippen molar-refractivity contribution < 1.29 is 38.1 Å². The van der Waals surface area contributed by atoms with Crippen LogP contribution in [0.25, 0.3) is 0 Å². The van der Waals surface area contributed by atoms with Crippen LogP contribution in [-0.2, 0) is 38.1 Å². The van der Waals surface area contributed by atoms with Crippen molar-refractivity contribution in [1.29, 1.82) is 0 Å². The van der Waals surface area contributed by atoms with E-state index in [0.29, 0.717) is 18.4 Å². The molecule has 0 amide bonds. The number of esters is 4. The van der Waals surface area contributed by atoms with Gasteiger partial charge in [-0.3, -0.25) is 14.4 Å². The Labute approximate surface area is 169 Å². The molecule has 1 aliphatic heterocycles. The monoisotopic (exact) mass is 408 g/mol. The van der Waals surface area contributed by atoms with E-state index in [1.54, 1.807) is 0 Å². The highest BCUT2D eigenvalue weighted by Crippen LogP contribution is 2.59. The number of hydrogen-bond donors (Lipinski definition) is 0. The summed E-state index contributed by atoms with van der Waals surface area (Å²) in [6, 6.07) is 0. The highest BCUT2D eigenvalue weighted by atomic mass is 16.6. The topological polar surface area (TPSA) is 105 Å². The molecule has 0 aromatic heterocycles. The smallest absolute Gasteiger partial charge is 0.334 e. The molecule has 8 unspecified atom stereocenters. The Morgan fingerprint density at radius 3 is 2.14 bits per heavy atom. The van der Waals surface area contributed by atoms with E-state index in [4.69, 9.17) is 18.9 Å². The van der Waals surface area contributed by atoms with E-state index in [1.807, 2.05) is 13.8 Å². The van der Waals surface area contributed by atoms with Crippen molar-refractivity contribution in [3.8, 4) is 0 Å². The molecule has 160 valence electrons. The molecule has 2 aliphatic carbocycles. The predicted molar refractivity (Wildman–Crippen MR) is 99.2 cm³/mol. The van der Waals surface area contributed by atoms with Crippen LogP contribution in [-0.4, -0.2) is 48.3 Å². The summed E-state index contributed by atoms with van der Waals surface area (Å²) in [6.45, 7) is 11.7. The second-order valence-electron chi connectivity index (χ2n) is 8.70. The summed E-state index contributed by atoms with van der Waals surface area (Å²) in [5, 5.41) is 0. The molecular formula is C21H28O8. The van der Waals surface area contributed by atoms with Gasteiger partial charge in [0.05, 0.1) is 0 Å². The zero-order chi connectivity index (χ0) is 21.7. The Kier molecular flexibility index (Phi) is 5.49. The molecule has 2 saturated carbocycles. The zero-order valence-electron chi connectivity index (χ0n) is 17.4. The molecular weight excluding hydrogens is 380 g/mol. The Balaban J connectivity index is 2.10.